The predicted molar refractivity (Wildman–Crippen MR) is 153 cm³/mol. The number of ether oxygens (including phenoxy) is 1. The van der Waals surface area contributed by atoms with Gasteiger partial charge in [-0.2, -0.15) is 0 Å². The molecule has 1 aliphatic rings. The highest BCUT2D eigenvalue weighted by molar-refractivity contribution is 5.94. The van der Waals surface area contributed by atoms with Crippen LogP contribution in [0.15, 0.2) is 54.6 Å². The Labute approximate surface area is 239 Å². The van der Waals surface area contributed by atoms with E-state index in [0.29, 0.717) is 23.8 Å². The summed E-state index contributed by atoms with van der Waals surface area (Å²) in [7, 11) is 1.76. The summed E-state index contributed by atoms with van der Waals surface area (Å²) < 4.78 is 45.8. The van der Waals surface area contributed by atoms with Gasteiger partial charge in [-0.3, -0.25) is 9.69 Å². The second kappa shape index (κ2) is 14.6. The topological polar surface area (TPSA) is 53.6 Å². The first-order valence-electron chi connectivity index (χ1n) is 12.5. The number of likely N-dealkylation sites (tertiary alicyclic amines) is 1. The van der Waals surface area contributed by atoms with Gasteiger partial charge in [-0.1, -0.05) is 18.2 Å². The van der Waals surface area contributed by atoms with E-state index < -0.39 is 17.5 Å². The van der Waals surface area contributed by atoms with Crippen molar-refractivity contribution in [3.63, 3.8) is 0 Å². The molecule has 3 aromatic carbocycles. The maximum atomic E-state index is 13.8. The lowest BCUT2D eigenvalue weighted by Crippen LogP contribution is -2.35. The number of likely N-dealkylation sites (N-methyl/N-ethyl adjacent to an activating group) is 1. The summed E-state index contributed by atoms with van der Waals surface area (Å²) in [6, 6.07) is 14.2. The second-order valence-electron chi connectivity index (χ2n) is 9.56. The van der Waals surface area contributed by atoms with Crippen LogP contribution in [0.2, 0.25) is 0 Å². The van der Waals surface area contributed by atoms with E-state index in [1.54, 1.807) is 19.2 Å². The summed E-state index contributed by atoms with van der Waals surface area (Å²) >= 11 is 0. The zero-order valence-corrected chi connectivity index (χ0v) is 23.7. The Kier molecular flexibility index (Phi) is 12.1. The molecule has 0 radical (unpaired) electrons. The molecule has 0 spiro atoms. The molecule has 0 aliphatic carbocycles. The maximum Gasteiger partial charge on any atom is 0.241 e. The summed E-state index contributed by atoms with van der Waals surface area (Å²) in [5.74, 6) is -3.01. The molecular weight excluding hydrogens is 550 g/mol. The summed E-state index contributed by atoms with van der Waals surface area (Å²) in [6.45, 7) is 6.59. The van der Waals surface area contributed by atoms with E-state index in [0.717, 1.165) is 43.7 Å². The van der Waals surface area contributed by atoms with Crippen LogP contribution in [0.4, 0.5) is 18.9 Å². The third-order valence-corrected chi connectivity index (χ3v) is 6.93. The number of hydrogen-bond donors (Lipinski definition) is 2. The van der Waals surface area contributed by atoms with E-state index in [9.17, 15) is 18.0 Å². The molecule has 2 N–H and O–H groups in total. The molecule has 0 unspecified atom stereocenters. The van der Waals surface area contributed by atoms with Gasteiger partial charge in [-0.25, -0.2) is 13.2 Å². The molecule has 1 atom stereocenters. The Morgan fingerprint density at radius 3 is 2.26 bits per heavy atom. The summed E-state index contributed by atoms with van der Waals surface area (Å²) in [6.07, 6.45) is 2.03. The summed E-state index contributed by atoms with van der Waals surface area (Å²) in [5, 5.41) is 5.94. The lowest BCUT2D eigenvalue weighted by atomic mass is 9.86. The molecule has 0 saturated carbocycles. The maximum absolute atomic E-state index is 13.8. The van der Waals surface area contributed by atoms with Gasteiger partial charge in [0.1, 0.15) is 5.75 Å². The van der Waals surface area contributed by atoms with Crippen LogP contribution in [0.25, 0.3) is 0 Å². The molecule has 1 fully saturated rings. The van der Waals surface area contributed by atoms with Gasteiger partial charge in [-0.15, -0.1) is 24.8 Å². The first-order valence-corrected chi connectivity index (χ1v) is 12.5. The van der Waals surface area contributed by atoms with Gasteiger partial charge in [0.05, 0.1) is 6.04 Å². The fraction of sp³-hybridized carbons (Fsp3) is 0.345. The lowest BCUT2D eigenvalue weighted by molar-refractivity contribution is -0.117. The first-order chi connectivity index (χ1) is 17.7. The molecule has 1 aliphatic heterocycles. The van der Waals surface area contributed by atoms with Gasteiger partial charge in [-0.05, 0) is 93.7 Å². The minimum atomic E-state index is -1.25. The van der Waals surface area contributed by atoms with Crippen LogP contribution in [0, 0.1) is 24.4 Å². The molecular formula is C29H34Cl2F3N3O2. The highest BCUT2D eigenvalue weighted by Crippen LogP contribution is 2.33. The second-order valence-corrected chi connectivity index (χ2v) is 9.56. The highest BCUT2D eigenvalue weighted by Gasteiger charge is 2.23. The number of rotatable bonds is 8. The third kappa shape index (κ3) is 8.35. The number of nitrogens with one attached hydrogen (secondary N) is 2. The average Bonchev–Trinajstić information content (AvgIpc) is 2.89. The zero-order valence-electron chi connectivity index (χ0n) is 22.1. The molecule has 1 saturated heterocycles. The molecule has 5 nitrogen and oxygen atoms in total. The highest BCUT2D eigenvalue weighted by atomic mass is 35.5. The van der Waals surface area contributed by atoms with E-state index in [4.69, 9.17) is 4.74 Å². The van der Waals surface area contributed by atoms with Crippen molar-refractivity contribution in [2.75, 3.05) is 25.5 Å². The van der Waals surface area contributed by atoms with Gasteiger partial charge >= 0.3 is 0 Å². The first kappa shape index (κ1) is 32.4. The van der Waals surface area contributed by atoms with Crippen molar-refractivity contribution < 1.29 is 22.7 Å². The van der Waals surface area contributed by atoms with Gasteiger partial charge in [0, 0.05) is 24.4 Å². The minimum absolute atomic E-state index is 0. The van der Waals surface area contributed by atoms with Crippen LogP contribution in [0.5, 0.6) is 11.5 Å². The van der Waals surface area contributed by atoms with Crippen molar-refractivity contribution in [2.45, 2.75) is 45.2 Å². The number of carbonyl (C=O) groups excluding carboxylic acids is 1. The van der Waals surface area contributed by atoms with E-state index in [-0.39, 0.29) is 42.5 Å². The number of halogens is 5. The minimum Gasteiger partial charge on any atom is -0.454 e. The van der Waals surface area contributed by atoms with E-state index in [1.165, 1.54) is 11.1 Å². The van der Waals surface area contributed by atoms with Crippen molar-refractivity contribution in [3.05, 3.63) is 88.7 Å². The van der Waals surface area contributed by atoms with Gasteiger partial charge in [0.2, 0.25) is 5.91 Å². The van der Waals surface area contributed by atoms with Gasteiger partial charge < -0.3 is 15.4 Å². The number of benzene rings is 3. The predicted octanol–water partition coefficient (Wildman–Crippen LogP) is 6.97. The van der Waals surface area contributed by atoms with E-state index in [1.807, 2.05) is 25.1 Å². The molecule has 212 valence electrons. The van der Waals surface area contributed by atoms with Crippen molar-refractivity contribution in [1.29, 1.82) is 0 Å². The number of amides is 1. The van der Waals surface area contributed by atoms with Crippen LogP contribution < -0.4 is 15.4 Å². The molecule has 4 rings (SSSR count). The van der Waals surface area contributed by atoms with E-state index in [2.05, 4.69) is 34.6 Å². The third-order valence-electron chi connectivity index (χ3n) is 6.93. The fourth-order valence-corrected chi connectivity index (χ4v) is 4.57. The normalized spacial score (nSPS) is 14.6. The number of hydrogen-bond acceptors (Lipinski definition) is 4. The quantitative estimate of drug-likeness (QED) is 0.281. The molecule has 0 bridgehead atoms. The van der Waals surface area contributed by atoms with Gasteiger partial charge in [0.15, 0.2) is 23.2 Å². The molecule has 1 heterocycles. The Balaban J connectivity index is 0.00000267. The number of nitrogens with zero attached hydrogens (tertiary/aromatic N) is 1. The zero-order chi connectivity index (χ0) is 26.5. The molecule has 0 aromatic heterocycles. The standard InChI is InChI=1S/C29H32F3N3O2.2ClH/c1-18-4-7-22(34-29(36)19(2)33-3)14-24(18)21-10-12-35(13-11-21)17-20-5-8-23(9-6-20)37-28-16-26(31)25(30)15-27(28)32;;/h4-9,14-16,19,21,33H,10-13,17H2,1-3H3,(H,34,36);2*1H/t19-;;/m0../s1. The Morgan fingerprint density at radius 1 is 0.974 bits per heavy atom. The van der Waals surface area contributed by atoms with Crippen LogP contribution in [-0.4, -0.2) is 37.0 Å². The number of anilines is 1. The smallest absolute Gasteiger partial charge is 0.241 e. The molecule has 39 heavy (non-hydrogen) atoms. The molecule has 10 heteroatoms. The van der Waals surface area contributed by atoms with E-state index >= 15 is 0 Å². The van der Waals surface area contributed by atoms with Crippen molar-refractivity contribution in [3.8, 4) is 11.5 Å². The van der Waals surface area contributed by atoms with Crippen LogP contribution >= 0.6 is 24.8 Å². The molecule has 3 aromatic rings. The Bertz CT molecular complexity index is 1250. The lowest BCUT2D eigenvalue weighted by Gasteiger charge is -2.33. The van der Waals surface area contributed by atoms with Crippen LogP contribution in [0.1, 0.15) is 42.4 Å². The van der Waals surface area contributed by atoms with Crippen molar-refractivity contribution in [2.24, 2.45) is 0 Å². The number of aryl methyl sites for hydroxylation is 1. The van der Waals surface area contributed by atoms with Crippen LogP contribution in [-0.2, 0) is 11.3 Å². The molecule has 1 amide bonds. The Hall–Kier alpha value is -2.78. The largest absolute Gasteiger partial charge is 0.454 e. The number of piperidine rings is 1. The van der Waals surface area contributed by atoms with Crippen LogP contribution in [0.3, 0.4) is 0 Å². The average molecular weight is 585 g/mol. The SMILES string of the molecule is CN[C@@H](C)C(=O)Nc1ccc(C)c(C2CCN(Cc3ccc(Oc4cc(F)c(F)cc4F)cc3)CC2)c1.Cl.Cl. The van der Waals surface area contributed by atoms with Crippen molar-refractivity contribution in [1.82, 2.24) is 10.2 Å². The Morgan fingerprint density at radius 2 is 1.62 bits per heavy atom. The fourth-order valence-electron chi connectivity index (χ4n) is 4.57. The van der Waals surface area contributed by atoms with Crippen molar-refractivity contribution >= 4 is 36.4 Å². The summed E-state index contributed by atoms with van der Waals surface area (Å²) in [4.78, 5) is 14.6. The van der Waals surface area contributed by atoms with Gasteiger partial charge in [0.25, 0.3) is 0 Å². The summed E-state index contributed by atoms with van der Waals surface area (Å²) in [5.41, 5.74) is 4.41. The number of carbonyl (C=O) groups is 1. The monoisotopic (exact) mass is 583 g/mol.